The number of aromatic hydroxyl groups is 1. The van der Waals surface area contributed by atoms with E-state index < -0.39 is 5.97 Å². The summed E-state index contributed by atoms with van der Waals surface area (Å²) in [6, 6.07) is 12.8. The molecule has 12 nitrogen and oxygen atoms in total. The van der Waals surface area contributed by atoms with Crippen molar-refractivity contribution in [3.63, 3.8) is 0 Å². The molecule has 5 aromatic rings. The number of ether oxygens (including phenoxy) is 1. The Morgan fingerprint density at radius 2 is 1.78 bits per heavy atom. The summed E-state index contributed by atoms with van der Waals surface area (Å²) in [6.07, 6.45) is 3.21. The Morgan fingerprint density at radius 3 is 2.51 bits per heavy atom. The summed E-state index contributed by atoms with van der Waals surface area (Å²) in [7, 11) is 1.61. The zero-order chi connectivity index (χ0) is 25.5. The molecule has 1 fully saturated rings. The van der Waals surface area contributed by atoms with E-state index >= 15 is 0 Å². The molecule has 2 N–H and O–H groups in total. The number of anilines is 2. The molecule has 0 amide bonds. The topological polar surface area (TPSA) is 135 Å². The van der Waals surface area contributed by atoms with Gasteiger partial charge in [0.05, 0.1) is 25.2 Å². The number of hydrogen-bond donors (Lipinski definition) is 2. The van der Waals surface area contributed by atoms with Gasteiger partial charge in [0.2, 0.25) is 5.95 Å². The molecule has 0 aliphatic carbocycles. The zero-order valence-corrected chi connectivity index (χ0v) is 20.0. The maximum absolute atomic E-state index is 11.5. The van der Waals surface area contributed by atoms with Gasteiger partial charge in [0.1, 0.15) is 18.0 Å². The first-order chi connectivity index (χ1) is 18.0. The van der Waals surface area contributed by atoms with Gasteiger partial charge in [-0.15, -0.1) is 0 Å². The van der Waals surface area contributed by atoms with Crippen molar-refractivity contribution >= 4 is 39.7 Å². The smallest absolute Gasteiger partial charge is 0.323 e. The van der Waals surface area contributed by atoms with Gasteiger partial charge in [-0.3, -0.25) is 4.79 Å². The standard InChI is InChI=1S/C25H24N8O4/c1-37-19-7-2-16-13-27-33(20(16)12-19)24-22-23(32(15-26-22)14-21(35)36)28-25(29-24)31-10-8-30(9-11-31)17-3-5-18(34)6-4-17/h2-7,12-13,15,34H,8-11,14H2,1H3,(H,35,36). The number of rotatable bonds is 6. The van der Waals surface area contributed by atoms with Crippen molar-refractivity contribution in [1.82, 2.24) is 29.3 Å². The number of carbonyl (C=O) groups is 1. The highest BCUT2D eigenvalue weighted by atomic mass is 16.5. The molecule has 0 unspecified atom stereocenters. The first kappa shape index (κ1) is 22.6. The molecule has 12 heteroatoms. The Balaban J connectivity index is 1.41. The Morgan fingerprint density at radius 1 is 1.03 bits per heavy atom. The Hall–Kier alpha value is -4.87. The van der Waals surface area contributed by atoms with E-state index in [1.54, 1.807) is 30.1 Å². The van der Waals surface area contributed by atoms with E-state index in [4.69, 9.17) is 14.7 Å². The maximum Gasteiger partial charge on any atom is 0.323 e. The summed E-state index contributed by atoms with van der Waals surface area (Å²) < 4.78 is 8.60. The van der Waals surface area contributed by atoms with Crippen molar-refractivity contribution in [1.29, 1.82) is 0 Å². The molecule has 37 heavy (non-hydrogen) atoms. The molecule has 3 aromatic heterocycles. The van der Waals surface area contributed by atoms with Gasteiger partial charge in [-0.25, -0.2) is 9.67 Å². The van der Waals surface area contributed by atoms with Crippen molar-refractivity contribution in [3.05, 3.63) is 55.0 Å². The molecule has 4 heterocycles. The zero-order valence-electron chi connectivity index (χ0n) is 20.0. The van der Waals surface area contributed by atoms with Gasteiger partial charge in [-0.2, -0.15) is 15.1 Å². The molecule has 6 rings (SSSR count). The SMILES string of the molecule is COc1ccc2cnn(-c3nc(N4CCN(c5ccc(O)cc5)CC4)nc4c3ncn4CC(=O)O)c2c1. The number of hydrogen-bond acceptors (Lipinski definition) is 9. The Bertz CT molecular complexity index is 1600. The lowest BCUT2D eigenvalue weighted by Crippen LogP contribution is -2.47. The highest BCUT2D eigenvalue weighted by Gasteiger charge is 2.24. The Labute approximate surface area is 211 Å². The number of imidazole rings is 1. The van der Waals surface area contributed by atoms with Crippen LogP contribution in [0.2, 0.25) is 0 Å². The Kier molecular flexibility index (Phi) is 5.48. The first-order valence-corrected chi connectivity index (χ1v) is 11.8. The van der Waals surface area contributed by atoms with E-state index in [2.05, 4.69) is 19.9 Å². The average molecular weight is 501 g/mol. The van der Waals surface area contributed by atoms with Crippen LogP contribution in [0, 0.1) is 0 Å². The van der Waals surface area contributed by atoms with Crippen LogP contribution in [0.25, 0.3) is 27.9 Å². The molecule has 2 aromatic carbocycles. The largest absolute Gasteiger partial charge is 0.508 e. The minimum atomic E-state index is -0.988. The van der Waals surface area contributed by atoms with Crippen LogP contribution in [0.1, 0.15) is 0 Å². The number of phenolic OH excluding ortho intramolecular Hbond substituents is 1. The highest BCUT2D eigenvalue weighted by Crippen LogP contribution is 2.28. The number of aliphatic carboxylic acids is 1. The van der Waals surface area contributed by atoms with E-state index in [9.17, 15) is 15.0 Å². The van der Waals surface area contributed by atoms with Crippen molar-refractivity contribution in [3.8, 4) is 17.3 Å². The van der Waals surface area contributed by atoms with Crippen molar-refractivity contribution in [2.45, 2.75) is 6.54 Å². The number of phenols is 1. The number of fused-ring (bicyclic) bond motifs is 2. The molecule has 0 atom stereocenters. The second-order valence-electron chi connectivity index (χ2n) is 8.76. The van der Waals surface area contributed by atoms with Crippen molar-refractivity contribution < 1.29 is 19.7 Å². The monoisotopic (exact) mass is 500 g/mol. The predicted octanol–water partition coefficient (Wildman–Crippen LogP) is 2.29. The van der Waals surface area contributed by atoms with E-state index in [0.717, 1.165) is 29.7 Å². The van der Waals surface area contributed by atoms with Crippen molar-refractivity contribution in [2.75, 3.05) is 43.1 Å². The fourth-order valence-electron chi connectivity index (χ4n) is 4.59. The third kappa shape index (κ3) is 4.11. The van der Waals surface area contributed by atoms with Crippen LogP contribution >= 0.6 is 0 Å². The lowest BCUT2D eigenvalue weighted by Gasteiger charge is -2.36. The van der Waals surface area contributed by atoms with Gasteiger partial charge < -0.3 is 29.3 Å². The second-order valence-corrected chi connectivity index (χ2v) is 8.76. The summed E-state index contributed by atoms with van der Waals surface area (Å²) in [5.41, 5.74) is 2.71. The van der Waals surface area contributed by atoms with E-state index in [-0.39, 0.29) is 12.3 Å². The fourth-order valence-corrected chi connectivity index (χ4v) is 4.59. The van der Waals surface area contributed by atoms with Crippen LogP contribution in [-0.4, -0.2) is 78.8 Å². The minimum Gasteiger partial charge on any atom is -0.508 e. The van der Waals surface area contributed by atoms with Gasteiger partial charge in [0.15, 0.2) is 17.0 Å². The molecule has 188 valence electrons. The number of carboxylic acid groups (broad SMARTS) is 1. The molecule has 0 radical (unpaired) electrons. The summed E-state index contributed by atoms with van der Waals surface area (Å²) >= 11 is 0. The number of methoxy groups -OCH3 is 1. The normalized spacial score (nSPS) is 14.0. The van der Waals surface area contributed by atoms with Gasteiger partial charge in [0, 0.05) is 43.3 Å². The van der Waals surface area contributed by atoms with Gasteiger partial charge in [-0.05, 0) is 36.4 Å². The van der Waals surface area contributed by atoms with Crippen LogP contribution in [-0.2, 0) is 11.3 Å². The molecule has 0 bridgehead atoms. The first-order valence-electron chi connectivity index (χ1n) is 11.8. The number of nitrogens with zero attached hydrogens (tertiary/aromatic N) is 8. The number of benzene rings is 2. The third-order valence-electron chi connectivity index (χ3n) is 6.50. The highest BCUT2D eigenvalue weighted by molar-refractivity contribution is 5.87. The lowest BCUT2D eigenvalue weighted by molar-refractivity contribution is -0.137. The van der Waals surface area contributed by atoms with Crippen LogP contribution in [0.3, 0.4) is 0 Å². The summed E-state index contributed by atoms with van der Waals surface area (Å²) in [4.78, 5) is 29.9. The van der Waals surface area contributed by atoms with Gasteiger partial charge in [-0.1, -0.05) is 0 Å². The van der Waals surface area contributed by atoms with E-state index in [1.807, 2.05) is 30.3 Å². The quantitative estimate of drug-likeness (QED) is 0.358. The molecule has 1 aliphatic heterocycles. The fraction of sp³-hybridized carbons (Fsp3) is 0.240. The van der Waals surface area contributed by atoms with Crippen molar-refractivity contribution in [2.24, 2.45) is 0 Å². The van der Waals surface area contributed by atoms with Gasteiger partial charge in [0.25, 0.3) is 0 Å². The van der Waals surface area contributed by atoms with Crippen LogP contribution in [0.15, 0.2) is 55.0 Å². The molecule has 0 saturated carbocycles. The summed E-state index contributed by atoms with van der Waals surface area (Å²) in [5.74, 6) is 0.873. The molecule has 1 aliphatic rings. The maximum atomic E-state index is 11.5. The summed E-state index contributed by atoms with van der Waals surface area (Å²) in [6.45, 7) is 2.52. The number of piperazine rings is 1. The third-order valence-corrected chi connectivity index (χ3v) is 6.50. The van der Waals surface area contributed by atoms with Crippen LogP contribution in [0.4, 0.5) is 11.6 Å². The lowest BCUT2D eigenvalue weighted by atomic mass is 10.2. The molecule has 0 spiro atoms. The number of carboxylic acids is 1. The van der Waals surface area contributed by atoms with Crippen LogP contribution in [0.5, 0.6) is 11.5 Å². The minimum absolute atomic E-state index is 0.235. The molecular formula is C25H24N8O4. The average Bonchev–Trinajstić information content (AvgIpc) is 3.52. The number of aromatic nitrogens is 6. The summed E-state index contributed by atoms with van der Waals surface area (Å²) in [5, 5.41) is 24.5. The molecule has 1 saturated heterocycles. The van der Waals surface area contributed by atoms with E-state index in [1.165, 1.54) is 10.9 Å². The van der Waals surface area contributed by atoms with Crippen LogP contribution < -0.4 is 14.5 Å². The molecular weight excluding hydrogens is 476 g/mol. The second kappa shape index (κ2) is 8.97. The van der Waals surface area contributed by atoms with E-state index in [0.29, 0.717) is 41.8 Å². The predicted molar refractivity (Wildman–Crippen MR) is 137 cm³/mol. The van der Waals surface area contributed by atoms with Gasteiger partial charge >= 0.3 is 5.97 Å².